The molecule has 0 atom stereocenters. The maximum absolute atomic E-state index is 11.4. The van der Waals surface area contributed by atoms with E-state index in [1.54, 1.807) is 6.92 Å². The summed E-state index contributed by atoms with van der Waals surface area (Å²) in [4.78, 5) is 20.2. The molecule has 0 unspecified atom stereocenters. The number of piperidine rings is 1. The Labute approximate surface area is 194 Å². The maximum Gasteiger partial charge on any atom is 0.219 e. The molecule has 0 bridgehead atoms. The molecule has 0 radical (unpaired) electrons. The molecule has 0 aliphatic carbocycles. The summed E-state index contributed by atoms with van der Waals surface area (Å²) in [5, 5.41) is 15.4. The second-order valence-corrected chi connectivity index (χ2v) is 9.32. The van der Waals surface area contributed by atoms with Gasteiger partial charge >= 0.3 is 0 Å². The van der Waals surface area contributed by atoms with E-state index in [2.05, 4.69) is 39.5 Å². The number of likely N-dealkylation sites (tertiary alicyclic amines) is 2. The van der Waals surface area contributed by atoms with Gasteiger partial charge in [-0.1, -0.05) is 12.1 Å². The smallest absolute Gasteiger partial charge is 0.219 e. The largest absolute Gasteiger partial charge is 0.382 e. The van der Waals surface area contributed by atoms with Crippen LogP contribution >= 0.6 is 0 Å². The Morgan fingerprint density at radius 3 is 2.73 bits per heavy atom. The number of hydrogen-bond acceptors (Lipinski definition) is 5. The monoisotopic (exact) mass is 439 g/mol. The predicted octanol–water partition coefficient (Wildman–Crippen LogP) is 4.13. The average Bonchev–Trinajstić information content (AvgIpc) is 2.82. The van der Waals surface area contributed by atoms with Gasteiger partial charge in [0.2, 0.25) is 5.91 Å². The third-order valence-corrected chi connectivity index (χ3v) is 6.95. The van der Waals surface area contributed by atoms with Gasteiger partial charge in [-0.25, -0.2) is 0 Å². The van der Waals surface area contributed by atoms with Crippen LogP contribution in [0.4, 0.5) is 5.69 Å². The fourth-order valence-corrected chi connectivity index (χ4v) is 5.04. The second-order valence-electron chi connectivity index (χ2n) is 9.32. The lowest BCUT2D eigenvalue weighted by Gasteiger charge is -2.42. The fourth-order valence-electron chi connectivity index (χ4n) is 5.04. The van der Waals surface area contributed by atoms with Crippen LogP contribution in [-0.2, 0) is 4.79 Å². The molecule has 6 heteroatoms. The highest BCUT2D eigenvalue weighted by Gasteiger charge is 2.31. The third kappa shape index (κ3) is 4.69. The standard InChI is InChI=1S/C27H29N5O/c1-19(33)32-17-21(18-32)16-31-9-6-25(7-10-31)30-27-13-24(12-23-5-8-29-15-26(23)27)22-4-2-3-20(11-22)14-28/h2-5,8,11-13,15,21,25,30H,6-7,9-10,16-18H2,1H3. The van der Waals surface area contributed by atoms with E-state index in [1.165, 1.54) is 0 Å². The van der Waals surface area contributed by atoms with Crippen molar-refractivity contribution in [2.24, 2.45) is 5.92 Å². The molecular weight excluding hydrogens is 410 g/mol. The number of nitriles is 1. The summed E-state index contributed by atoms with van der Waals surface area (Å²) < 4.78 is 0. The molecule has 3 aromatic rings. The van der Waals surface area contributed by atoms with E-state index < -0.39 is 0 Å². The molecule has 5 rings (SSSR count). The molecule has 2 aliphatic heterocycles. The zero-order valence-corrected chi connectivity index (χ0v) is 19.0. The third-order valence-electron chi connectivity index (χ3n) is 6.95. The number of aromatic nitrogens is 1. The number of nitrogens with one attached hydrogen (secondary N) is 1. The Kier molecular flexibility index (Phi) is 5.97. The second kappa shape index (κ2) is 9.21. The zero-order chi connectivity index (χ0) is 22.8. The van der Waals surface area contributed by atoms with Crippen LogP contribution in [0, 0.1) is 17.2 Å². The highest BCUT2D eigenvalue weighted by Crippen LogP contribution is 2.32. The van der Waals surface area contributed by atoms with Gasteiger partial charge in [-0.2, -0.15) is 5.26 Å². The van der Waals surface area contributed by atoms with Crippen molar-refractivity contribution in [2.75, 3.05) is 38.0 Å². The first-order valence-corrected chi connectivity index (χ1v) is 11.7. The van der Waals surface area contributed by atoms with Crippen LogP contribution in [0.3, 0.4) is 0 Å². The molecule has 2 saturated heterocycles. The Morgan fingerprint density at radius 1 is 1.15 bits per heavy atom. The van der Waals surface area contributed by atoms with Gasteiger partial charge in [-0.3, -0.25) is 9.78 Å². The molecule has 3 heterocycles. The van der Waals surface area contributed by atoms with E-state index in [9.17, 15) is 10.1 Å². The van der Waals surface area contributed by atoms with E-state index in [1.807, 2.05) is 41.6 Å². The zero-order valence-electron chi connectivity index (χ0n) is 19.0. The van der Waals surface area contributed by atoms with Gasteiger partial charge in [-0.05, 0) is 59.7 Å². The number of fused-ring (bicyclic) bond motifs is 1. The van der Waals surface area contributed by atoms with Crippen molar-refractivity contribution in [3.05, 3.63) is 60.4 Å². The molecule has 1 amide bonds. The first kappa shape index (κ1) is 21.4. The number of hydrogen-bond donors (Lipinski definition) is 1. The van der Waals surface area contributed by atoms with Crippen molar-refractivity contribution in [1.82, 2.24) is 14.8 Å². The Bertz CT molecular complexity index is 1200. The first-order valence-electron chi connectivity index (χ1n) is 11.7. The van der Waals surface area contributed by atoms with Crippen LogP contribution in [0.2, 0.25) is 0 Å². The lowest BCUT2D eigenvalue weighted by Crippen LogP contribution is -2.54. The van der Waals surface area contributed by atoms with Gasteiger partial charge < -0.3 is 15.1 Å². The van der Waals surface area contributed by atoms with Gasteiger partial charge in [0.05, 0.1) is 11.6 Å². The van der Waals surface area contributed by atoms with Gasteiger partial charge in [0.25, 0.3) is 0 Å². The molecule has 6 nitrogen and oxygen atoms in total. The summed E-state index contributed by atoms with van der Waals surface area (Å²) in [7, 11) is 0. The number of anilines is 1. The minimum atomic E-state index is 0.192. The average molecular weight is 440 g/mol. The number of nitrogens with zero attached hydrogens (tertiary/aromatic N) is 4. The van der Waals surface area contributed by atoms with Crippen molar-refractivity contribution in [1.29, 1.82) is 5.26 Å². The lowest BCUT2D eigenvalue weighted by atomic mass is 9.96. The van der Waals surface area contributed by atoms with Crippen LogP contribution in [0.5, 0.6) is 0 Å². The SMILES string of the molecule is CC(=O)N1CC(CN2CCC(Nc3cc(-c4cccc(C#N)c4)cc4ccncc34)CC2)C1. The van der Waals surface area contributed by atoms with E-state index in [4.69, 9.17) is 0 Å². The summed E-state index contributed by atoms with van der Waals surface area (Å²) in [5.41, 5.74) is 3.92. The summed E-state index contributed by atoms with van der Waals surface area (Å²) in [5.74, 6) is 0.812. The molecule has 1 aromatic heterocycles. The highest BCUT2D eigenvalue weighted by atomic mass is 16.2. The molecule has 2 aromatic carbocycles. The van der Waals surface area contributed by atoms with Crippen LogP contribution in [0.1, 0.15) is 25.3 Å². The number of carbonyl (C=O) groups excluding carboxylic acids is 1. The van der Waals surface area contributed by atoms with Crippen molar-refractivity contribution in [2.45, 2.75) is 25.8 Å². The molecule has 1 N–H and O–H groups in total. The molecule has 0 saturated carbocycles. The minimum Gasteiger partial charge on any atom is -0.382 e. The van der Waals surface area contributed by atoms with Gasteiger partial charge in [0.1, 0.15) is 0 Å². The van der Waals surface area contributed by atoms with Crippen molar-refractivity contribution in [3.63, 3.8) is 0 Å². The summed E-state index contributed by atoms with van der Waals surface area (Å²) in [6.45, 7) is 6.72. The van der Waals surface area contributed by atoms with E-state index in [0.717, 1.165) is 73.2 Å². The van der Waals surface area contributed by atoms with Gasteiger partial charge in [0.15, 0.2) is 0 Å². The van der Waals surface area contributed by atoms with Crippen LogP contribution < -0.4 is 5.32 Å². The normalized spacial score (nSPS) is 17.5. The topological polar surface area (TPSA) is 72.3 Å². The Balaban J connectivity index is 1.28. The molecule has 2 fully saturated rings. The fraction of sp³-hybridized carbons (Fsp3) is 0.370. The number of amides is 1. The first-order chi connectivity index (χ1) is 16.1. The van der Waals surface area contributed by atoms with Gasteiger partial charge in [0, 0.05) is 75.1 Å². The summed E-state index contributed by atoms with van der Waals surface area (Å²) in [6, 6.07) is 16.8. The Morgan fingerprint density at radius 2 is 1.97 bits per heavy atom. The van der Waals surface area contributed by atoms with Crippen molar-refractivity contribution in [3.8, 4) is 17.2 Å². The van der Waals surface area contributed by atoms with Crippen molar-refractivity contribution >= 4 is 22.4 Å². The van der Waals surface area contributed by atoms with Crippen LogP contribution in [-0.4, -0.2) is 59.5 Å². The summed E-state index contributed by atoms with van der Waals surface area (Å²) >= 11 is 0. The number of carbonyl (C=O) groups is 1. The molecular formula is C27H29N5O. The minimum absolute atomic E-state index is 0.192. The molecule has 33 heavy (non-hydrogen) atoms. The molecule has 2 aliphatic rings. The van der Waals surface area contributed by atoms with Crippen molar-refractivity contribution < 1.29 is 4.79 Å². The summed E-state index contributed by atoms with van der Waals surface area (Å²) in [6.07, 6.45) is 5.95. The lowest BCUT2D eigenvalue weighted by molar-refractivity contribution is -0.135. The predicted molar refractivity (Wildman–Crippen MR) is 131 cm³/mol. The molecule has 168 valence electrons. The van der Waals surface area contributed by atoms with Crippen LogP contribution in [0.15, 0.2) is 54.9 Å². The number of benzene rings is 2. The molecule has 0 spiro atoms. The number of rotatable bonds is 5. The van der Waals surface area contributed by atoms with E-state index in [-0.39, 0.29) is 5.91 Å². The number of pyridine rings is 1. The Hall–Kier alpha value is -3.43. The maximum atomic E-state index is 11.4. The van der Waals surface area contributed by atoms with Crippen LogP contribution in [0.25, 0.3) is 21.9 Å². The quantitative estimate of drug-likeness (QED) is 0.647. The van der Waals surface area contributed by atoms with E-state index >= 15 is 0 Å². The van der Waals surface area contributed by atoms with E-state index in [0.29, 0.717) is 17.5 Å². The highest BCUT2D eigenvalue weighted by molar-refractivity contribution is 5.97. The van der Waals surface area contributed by atoms with Gasteiger partial charge in [-0.15, -0.1) is 0 Å².